The van der Waals surface area contributed by atoms with Crippen molar-refractivity contribution in [3.05, 3.63) is 51.0 Å². The lowest BCUT2D eigenvalue weighted by Crippen LogP contribution is -1.94. The zero-order valence-electron chi connectivity index (χ0n) is 9.57. The lowest BCUT2D eigenvalue weighted by molar-refractivity contribution is 1.18. The van der Waals surface area contributed by atoms with Gasteiger partial charge in [-0.2, -0.15) is 0 Å². The minimum absolute atomic E-state index is 0.483. The molecule has 0 saturated carbocycles. The zero-order valence-corrected chi connectivity index (χ0v) is 12.7. The van der Waals surface area contributed by atoms with Crippen LogP contribution in [-0.2, 0) is 0 Å². The fraction of sp³-hybridized carbons (Fsp3) is 0. The van der Waals surface area contributed by atoms with Crippen LogP contribution in [0.5, 0.6) is 0 Å². The summed E-state index contributed by atoms with van der Waals surface area (Å²) in [5.41, 5.74) is 8.44. The molecule has 3 nitrogen and oxygen atoms in total. The van der Waals surface area contributed by atoms with E-state index < -0.39 is 0 Å². The van der Waals surface area contributed by atoms with Gasteiger partial charge in [-0.3, -0.25) is 4.40 Å². The van der Waals surface area contributed by atoms with E-state index in [2.05, 4.69) is 20.9 Å². The molecule has 6 heteroatoms. The van der Waals surface area contributed by atoms with E-state index in [4.69, 9.17) is 28.9 Å². The molecule has 0 atom stereocenters. The largest absolute Gasteiger partial charge is 0.383 e. The number of imidazole rings is 1. The van der Waals surface area contributed by atoms with Crippen LogP contribution in [0, 0.1) is 0 Å². The Morgan fingerprint density at radius 2 is 1.89 bits per heavy atom. The number of nitrogens with two attached hydrogens (primary N) is 1. The van der Waals surface area contributed by atoms with E-state index in [1.54, 1.807) is 12.1 Å². The topological polar surface area (TPSA) is 43.3 Å². The summed E-state index contributed by atoms with van der Waals surface area (Å²) in [6, 6.07) is 9.15. The molecule has 0 aliphatic heterocycles. The first-order chi connectivity index (χ1) is 9.06. The summed E-state index contributed by atoms with van der Waals surface area (Å²) in [4.78, 5) is 4.51. The molecule has 19 heavy (non-hydrogen) atoms. The third-order valence-electron chi connectivity index (χ3n) is 2.81. The summed E-state index contributed by atoms with van der Waals surface area (Å²) < 4.78 is 2.76. The summed E-state index contributed by atoms with van der Waals surface area (Å²) in [7, 11) is 0. The highest BCUT2D eigenvalue weighted by Crippen LogP contribution is 2.32. The molecule has 0 saturated heterocycles. The van der Waals surface area contributed by atoms with Crippen molar-refractivity contribution in [1.82, 2.24) is 9.38 Å². The number of pyridine rings is 1. The molecule has 3 aromatic rings. The fourth-order valence-electron chi connectivity index (χ4n) is 1.89. The second-order valence-corrected chi connectivity index (χ2v) is 5.78. The van der Waals surface area contributed by atoms with Crippen LogP contribution >= 0.6 is 39.1 Å². The van der Waals surface area contributed by atoms with Crippen molar-refractivity contribution in [1.29, 1.82) is 0 Å². The number of nitrogens with zero attached hydrogens (tertiary/aromatic N) is 2. The standard InChI is InChI=1S/C13H8BrCl2N3/c14-8-2-4-11-18-12(13(17)19(11)6-8)7-1-3-9(15)10(16)5-7/h1-6H,17H2. The van der Waals surface area contributed by atoms with Crippen LogP contribution in [0.3, 0.4) is 0 Å². The van der Waals surface area contributed by atoms with Crippen LogP contribution in [0.15, 0.2) is 41.0 Å². The third kappa shape index (κ3) is 2.20. The molecule has 0 aliphatic carbocycles. The summed E-state index contributed by atoms with van der Waals surface area (Å²) in [6.07, 6.45) is 1.87. The predicted octanol–water partition coefficient (Wildman–Crippen LogP) is 4.65. The van der Waals surface area contributed by atoms with Crippen molar-refractivity contribution in [2.45, 2.75) is 0 Å². The molecule has 0 radical (unpaired) electrons. The van der Waals surface area contributed by atoms with Crippen molar-refractivity contribution in [2.24, 2.45) is 0 Å². The van der Waals surface area contributed by atoms with Gasteiger partial charge in [0.1, 0.15) is 17.2 Å². The smallest absolute Gasteiger partial charge is 0.139 e. The van der Waals surface area contributed by atoms with Crippen LogP contribution in [0.2, 0.25) is 10.0 Å². The van der Waals surface area contributed by atoms with Crippen molar-refractivity contribution < 1.29 is 0 Å². The number of anilines is 1. The number of benzene rings is 1. The quantitative estimate of drug-likeness (QED) is 0.689. The second kappa shape index (κ2) is 4.71. The number of halogens is 3. The van der Waals surface area contributed by atoms with Crippen LogP contribution in [0.4, 0.5) is 5.82 Å². The van der Waals surface area contributed by atoms with Crippen LogP contribution < -0.4 is 5.73 Å². The number of aromatic nitrogens is 2. The molecule has 96 valence electrons. The van der Waals surface area contributed by atoms with E-state index in [0.717, 1.165) is 15.7 Å². The first kappa shape index (κ1) is 12.8. The SMILES string of the molecule is Nc1c(-c2ccc(Cl)c(Cl)c2)nc2ccc(Br)cn12. The van der Waals surface area contributed by atoms with Crippen molar-refractivity contribution in [3.8, 4) is 11.3 Å². The lowest BCUT2D eigenvalue weighted by Gasteiger charge is -2.01. The summed E-state index contributed by atoms with van der Waals surface area (Å²) >= 11 is 15.3. The van der Waals surface area contributed by atoms with E-state index in [0.29, 0.717) is 21.6 Å². The third-order valence-corrected chi connectivity index (χ3v) is 4.02. The Morgan fingerprint density at radius 3 is 2.63 bits per heavy atom. The van der Waals surface area contributed by atoms with Gasteiger partial charge in [-0.25, -0.2) is 4.98 Å². The molecular formula is C13H8BrCl2N3. The highest BCUT2D eigenvalue weighted by atomic mass is 79.9. The van der Waals surface area contributed by atoms with Gasteiger partial charge in [0.25, 0.3) is 0 Å². The molecule has 0 bridgehead atoms. The molecule has 3 rings (SSSR count). The number of rotatable bonds is 1. The van der Waals surface area contributed by atoms with E-state index in [-0.39, 0.29) is 0 Å². The van der Waals surface area contributed by atoms with Gasteiger partial charge >= 0.3 is 0 Å². The normalized spacial score (nSPS) is 11.1. The zero-order chi connectivity index (χ0) is 13.6. The first-order valence-electron chi connectivity index (χ1n) is 5.45. The monoisotopic (exact) mass is 355 g/mol. The summed E-state index contributed by atoms with van der Waals surface area (Å²) in [6.45, 7) is 0. The van der Waals surface area contributed by atoms with Crippen molar-refractivity contribution >= 4 is 50.6 Å². The molecule has 0 amide bonds. The van der Waals surface area contributed by atoms with E-state index in [9.17, 15) is 0 Å². The van der Waals surface area contributed by atoms with E-state index in [1.165, 1.54) is 0 Å². The van der Waals surface area contributed by atoms with E-state index in [1.807, 2.05) is 28.8 Å². The van der Waals surface area contributed by atoms with Crippen LogP contribution in [0.25, 0.3) is 16.9 Å². The molecule has 0 aliphatic rings. The van der Waals surface area contributed by atoms with Gasteiger partial charge < -0.3 is 5.73 Å². The maximum atomic E-state index is 6.13. The Bertz CT molecular complexity index is 783. The van der Waals surface area contributed by atoms with Gasteiger partial charge in [0.2, 0.25) is 0 Å². The van der Waals surface area contributed by atoms with Crippen LogP contribution in [0.1, 0.15) is 0 Å². The minimum Gasteiger partial charge on any atom is -0.383 e. The van der Waals surface area contributed by atoms with Crippen molar-refractivity contribution in [2.75, 3.05) is 5.73 Å². The molecule has 2 N–H and O–H groups in total. The Balaban J connectivity index is 2.24. The molecule has 0 fully saturated rings. The molecule has 0 spiro atoms. The number of fused-ring (bicyclic) bond motifs is 1. The van der Waals surface area contributed by atoms with Gasteiger partial charge in [0, 0.05) is 16.2 Å². The predicted molar refractivity (Wildman–Crippen MR) is 82.8 cm³/mol. The minimum atomic E-state index is 0.483. The van der Waals surface area contributed by atoms with E-state index >= 15 is 0 Å². The maximum absolute atomic E-state index is 6.13. The highest BCUT2D eigenvalue weighted by Gasteiger charge is 2.12. The Morgan fingerprint density at radius 1 is 1.11 bits per heavy atom. The average molecular weight is 357 g/mol. The van der Waals surface area contributed by atoms with Gasteiger partial charge in [-0.1, -0.05) is 29.3 Å². The van der Waals surface area contributed by atoms with Gasteiger partial charge in [-0.05, 0) is 40.2 Å². The fourth-order valence-corrected chi connectivity index (χ4v) is 2.53. The van der Waals surface area contributed by atoms with Crippen LogP contribution in [-0.4, -0.2) is 9.38 Å². The lowest BCUT2D eigenvalue weighted by atomic mass is 10.1. The Kier molecular flexibility index (Phi) is 3.17. The number of hydrogen-bond acceptors (Lipinski definition) is 2. The van der Waals surface area contributed by atoms with Crippen molar-refractivity contribution in [3.63, 3.8) is 0 Å². The Hall–Kier alpha value is -1.23. The maximum Gasteiger partial charge on any atom is 0.139 e. The molecule has 1 aromatic carbocycles. The first-order valence-corrected chi connectivity index (χ1v) is 6.99. The number of hydrogen-bond donors (Lipinski definition) is 1. The molecule has 2 heterocycles. The second-order valence-electron chi connectivity index (χ2n) is 4.05. The number of nitrogen functional groups attached to an aromatic ring is 1. The summed E-state index contributed by atoms with van der Waals surface area (Å²) in [5.74, 6) is 0.565. The van der Waals surface area contributed by atoms with Gasteiger partial charge in [0.05, 0.1) is 10.0 Å². The average Bonchev–Trinajstić information content (AvgIpc) is 2.70. The molecule has 0 unspecified atom stereocenters. The highest BCUT2D eigenvalue weighted by molar-refractivity contribution is 9.10. The molecule has 2 aromatic heterocycles. The Labute approximate surface area is 128 Å². The van der Waals surface area contributed by atoms with Gasteiger partial charge in [-0.15, -0.1) is 0 Å². The summed E-state index contributed by atoms with van der Waals surface area (Å²) in [5, 5.41) is 0.993. The van der Waals surface area contributed by atoms with Gasteiger partial charge in [0.15, 0.2) is 0 Å². The molecular weight excluding hydrogens is 349 g/mol.